The number of carbonyl (C=O) groups excluding carboxylic acids is 1. The van der Waals surface area contributed by atoms with Crippen molar-refractivity contribution in [2.24, 2.45) is 0 Å². The van der Waals surface area contributed by atoms with Crippen LogP contribution in [0.1, 0.15) is 5.56 Å². The number of nitrogens with one attached hydrogen (secondary N) is 2. The van der Waals surface area contributed by atoms with E-state index in [-0.39, 0.29) is 5.69 Å². The quantitative estimate of drug-likeness (QED) is 0.816. The second-order valence-electron chi connectivity index (χ2n) is 4.76. The molecule has 2 aromatic rings. The van der Waals surface area contributed by atoms with Crippen molar-refractivity contribution in [1.82, 2.24) is 0 Å². The molecule has 0 unspecified atom stereocenters. The minimum atomic E-state index is -3.88. The summed E-state index contributed by atoms with van der Waals surface area (Å²) < 4.78 is 26.2. The van der Waals surface area contributed by atoms with Gasteiger partial charge in [-0.25, -0.2) is 13.3 Å². The lowest BCUT2D eigenvalue weighted by Crippen LogP contribution is -2.27. The zero-order valence-corrected chi connectivity index (χ0v) is 13.2. The van der Waals surface area contributed by atoms with Crippen molar-refractivity contribution in [3.05, 3.63) is 65.5 Å². The van der Waals surface area contributed by atoms with Crippen molar-refractivity contribution in [1.29, 1.82) is 5.26 Å². The van der Waals surface area contributed by atoms with Gasteiger partial charge in [0, 0.05) is 11.4 Å². The maximum atomic E-state index is 12.0. The van der Waals surface area contributed by atoms with Gasteiger partial charge in [-0.2, -0.15) is 5.26 Å². The fraction of sp³-hybridized carbons (Fsp3) is 0.0625. The van der Waals surface area contributed by atoms with E-state index in [1.165, 1.54) is 48.5 Å². The number of carbonyl (C=O) groups is 1. The number of benzene rings is 2. The van der Waals surface area contributed by atoms with Gasteiger partial charge in [0.25, 0.3) is 0 Å². The number of rotatable bonds is 5. The van der Waals surface area contributed by atoms with Crippen LogP contribution in [0.5, 0.6) is 0 Å². The molecule has 2 rings (SSSR count). The van der Waals surface area contributed by atoms with E-state index in [9.17, 15) is 13.2 Å². The van der Waals surface area contributed by atoms with Crippen LogP contribution in [0.3, 0.4) is 0 Å². The van der Waals surface area contributed by atoms with E-state index in [0.29, 0.717) is 16.9 Å². The van der Waals surface area contributed by atoms with Crippen LogP contribution < -0.4 is 10.0 Å². The molecule has 2 aromatic carbocycles. The minimum absolute atomic E-state index is 0.272. The molecule has 0 spiro atoms. The van der Waals surface area contributed by atoms with Crippen LogP contribution in [0.4, 0.5) is 17.1 Å². The summed E-state index contributed by atoms with van der Waals surface area (Å²) in [6.07, 6.45) is 0. The third kappa shape index (κ3) is 4.83. The predicted octanol–water partition coefficient (Wildman–Crippen LogP) is 2.49. The summed E-state index contributed by atoms with van der Waals surface area (Å²) in [4.78, 5) is 15.0. The SMILES string of the molecule is [C-]#[N+]c1ccc(NS(=O)(=O)CC(=O)Nc2ccc(C#N)cc2)cc1. The van der Waals surface area contributed by atoms with Gasteiger partial charge in [0.2, 0.25) is 15.9 Å². The topological polar surface area (TPSA) is 103 Å². The molecule has 0 bridgehead atoms. The summed E-state index contributed by atoms with van der Waals surface area (Å²) >= 11 is 0. The monoisotopic (exact) mass is 340 g/mol. The molecule has 0 radical (unpaired) electrons. The van der Waals surface area contributed by atoms with Crippen molar-refractivity contribution in [3.8, 4) is 6.07 Å². The number of anilines is 2. The van der Waals surface area contributed by atoms with E-state index < -0.39 is 21.7 Å². The average Bonchev–Trinajstić information content (AvgIpc) is 2.55. The number of hydrogen-bond donors (Lipinski definition) is 2. The molecule has 120 valence electrons. The lowest BCUT2D eigenvalue weighted by molar-refractivity contribution is -0.113. The van der Waals surface area contributed by atoms with Crippen molar-refractivity contribution in [2.75, 3.05) is 15.8 Å². The van der Waals surface area contributed by atoms with E-state index in [4.69, 9.17) is 11.8 Å². The van der Waals surface area contributed by atoms with Crippen LogP contribution in [0, 0.1) is 17.9 Å². The number of sulfonamides is 1. The van der Waals surface area contributed by atoms with Crippen molar-refractivity contribution in [2.45, 2.75) is 0 Å². The van der Waals surface area contributed by atoms with Crippen molar-refractivity contribution in [3.63, 3.8) is 0 Å². The number of hydrogen-bond acceptors (Lipinski definition) is 4. The summed E-state index contributed by atoms with van der Waals surface area (Å²) in [5.74, 6) is -1.46. The Labute approximate surface area is 139 Å². The maximum Gasteiger partial charge on any atom is 0.241 e. The predicted molar refractivity (Wildman–Crippen MR) is 89.9 cm³/mol. The molecule has 1 amide bonds. The van der Waals surface area contributed by atoms with Crippen LogP contribution >= 0.6 is 0 Å². The van der Waals surface area contributed by atoms with Gasteiger partial charge in [-0.3, -0.25) is 9.52 Å². The van der Waals surface area contributed by atoms with Crippen LogP contribution in [0.15, 0.2) is 48.5 Å². The largest absolute Gasteiger partial charge is 0.325 e. The lowest BCUT2D eigenvalue weighted by Gasteiger charge is -2.09. The third-order valence-corrected chi connectivity index (χ3v) is 4.08. The van der Waals surface area contributed by atoms with Gasteiger partial charge >= 0.3 is 0 Å². The fourth-order valence-corrected chi connectivity index (χ4v) is 2.80. The summed E-state index contributed by atoms with van der Waals surface area (Å²) in [5.41, 5.74) is 1.49. The van der Waals surface area contributed by atoms with Crippen LogP contribution in [0.25, 0.3) is 4.85 Å². The summed E-state index contributed by atoms with van der Waals surface area (Å²) in [6, 6.07) is 13.8. The van der Waals surface area contributed by atoms with E-state index in [1.807, 2.05) is 6.07 Å². The third-order valence-electron chi connectivity index (χ3n) is 2.89. The highest BCUT2D eigenvalue weighted by atomic mass is 32.2. The van der Waals surface area contributed by atoms with E-state index >= 15 is 0 Å². The molecular formula is C16H12N4O3S. The Hall–Kier alpha value is -3.36. The normalized spacial score (nSPS) is 10.2. The standard InChI is InChI=1S/C16H12N4O3S/c1-18-13-6-8-15(9-7-13)20-24(22,23)11-16(21)19-14-4-2-12(10-17)3-5-14/h2-9,20H,11H2,(H,19,21). The van der Waals surface area contributed by atoms with Gasteiger partial charge in [-0.1, -0.05) is 12.1 Å². The van der Waals surface area contributed by atoms with Crippen molar-refractivity contribution < 1.29 is 13.2 Å². The Morgan fingerprint density at radius 1 is 1.08 bits per heavy atom. The molecule has 0 saturated heterocycles. The molecule has 0 aromatic heterocycles. The van der Waals surface area contributed by atoms with Gasteiger partial charge in [0.15, 0.2) is 5.69 Å². The number of amides is 1. The molecule has 0 saturated carbocycles. The summed E-state index contributed by atoms with van der Waals surface area (Å²) in [6.45, 7) is 6.83. The average molecular weight is 340 g/mol. The van der Waals surface area contributed by atoms with E-state index in [1.54, 1.807) is 0 Å². The molecule has 0 aliphatic heterocycles. The smallest absolute Gasteiger partial charge is 0.241 e. The van der Waals surface area contributed by atoms with Gasteiger partial charge in [-0.05, 0) is 36.4 Å². The Kier molecular flexibility index (Phi) is 5.15. The van der Waals surface area contributed by atoms with E-state index in [2.05, 4.69) is 14.9 Å². The highest BCUT2D eigenvalue weighted by Crippen LogP contribution is 2.17. The molecule has 24 heavy (non-hydrogen) atoms. The van der Waals surface area contributed by atoms with Gasteiger partial charge < -0.3 is 5.32 Å². The lowest BCUT2D eigenvalue weighted by atomic mass is 10.2. The Morgan fingerprint density at radius 3 is 2.21 bits per heavy atom. The Morgan fingerprint density at radius 2 is 1.67 bits per heavy atom. The first-order valence-electron chi connectivity index (χ1n) is 6.70. The van der Waals surface area contributed by atoms with Crippen LogP contribution in [0.2, 0.25) is 0 Å². The second kappa shape index (κ2) is 7.27. The highest BCUT2D eigenvalue weighted by Gasteiger charge is 2.16. The highest BCUT2D eigenvalue weighted by molar-refractivity contribution is 7.93. The van der Waals surface area contributed by atoms with Crippen molar-refractivity contribution >= 4 is 33.0 Å². The summed E-state index contributed by atoms with van der Waals surface area (Å²) in [5, 5.41) is 11.1. The first-order chi connectivity index (χ1) is 11.4. The molecule has 7 nitrogen and oxygen atoms in total. The fourth-order valence-electron chi connectivity index (χ4n) is 1.82. The van der Waals surface area contributed by atoms with Gasteiger partial charge in [-0.15, -0.1) is 0 Å². The molecule has 0 aliphatic rings. The number of nitrogens with zero attached hydrogens (tertiary/aromatic N) is 2. The summed E-state index contributed by atoms with van der Waals surface area (Å²) in [7, 11) is -3.88. The molecular weight excluding hydrogens is 328 g/mol. The Bertz CT molecular complexity index is 921. The zero-order valence-electron chi connectivity index (χ0n) is 12.4. The minimum Gasteiger partial charge on any atom is -0.325 e. The second-order valence-corrected chi connectivity index (χ2v) is 6.48. The molecule has 2 N–H and O–H groups in total. The first kappa shape index (κ1) is 17.0. The molecule has 0 fully saturated rings. The first-order valence-corrected chi connectivity index (χ1v) is 8.35. The molecule has 8 heteroatoms. The molecule has 0 heterocycles. The molecule has 0 atom stereocenters. The van der Waals surface area contributed by atoms with Gasteiger partial charge in [0.05, 0.1) is 18.2 Å². The van der Waals surface area contributed by atoms with Crippen LogP contribution in [-0.4, -0.2) is 20.1 Å². The zero-order chi connectivity index (χ0) is 17.6. The van der Waals surface area contributed by atoms with Gasteiger partial charge in [0.1, 0.15) is 5.75 Å². The van der Waals surface area contributed by atoms with E-state index in [0.717, 1.165) is 0 Å². The van der Waals surface area contributed by atoms with Crippen LogP contribution in [-0.2, 0) is 14.8 Å². The maximum absolute atomic E-state index is 12.0. The Balaban J connectivity index is 1.98. The molecule has 0 aliphatic carbocycles. The number of nitriles is 1.